The maximum atomic E-state index is 5.63. The fraction of sp³-hybridized carbons (Fsp3) is 0.667. The van der Waals surface area contributed by atoms with E-state index in [4.69, 9.17) is 4.74 Å². The summed E-state index contributed by atoms with van der Waals surface area (Å²) in [6.45, 7) is 13.8. The van der Waals surface area contributed by atoms with Crippen molar-refractivity contribution in [2.75, 3.05) is 26.2 Å². The second-order valence-corrected chi connectivity index (χ2v) is 7.11. The van der Waals surface area contributed by atoms with Gasteiger partial charge in [-0.05, 0) is 51.8 Å². The number of nitrogens with one attached hydrogen (secondary N) is 1. The van der Waals surface area contributed by atoms with Crippen molar-refractivity contribution in [3.05, 3.63) is 35.4 Å². The van der Waals surface area contributed by atoms with Gasteiger partial charge in [0.2, 0.25) is 0 Å². The van der Waals surface area contributed by atoms with E-state index in [9.17, 15) is 0 Å². The first-order valence-corrected chi connectivity index (χ1v) is 8.10. The summed E-state index contributed by atoms with van der Waals surface area (Å²) in [5.74, 6) is 0. The molecule has 1 saturated heterocycles. The summed E-state index contributed by atoms with van der Waals surface area (Å²) in [6, 6.07) is 8.84. The minimum absolute atomic E-state index is 0.189. The van der Waals surface area contributed by atoms with Gasteiger partial charge in [-0.1, -0.05) is 24.3 Å². The van der Waals surface area contributed by atoms with Crippen LogP contribution in [0.3, 0.4) is 0 Å². The molecule has 1 aliphatic rings. The van der Waals surface area contributed by atoms with Gasteiger partial charge in [-0.3, -0.25) is 4.90 Å². The second kappa shape index (κ2) is 7.39. The van der Waals surface area contributed by atoms with Gasteiger partial charge in [0.15, 0.2) is 0 Å². The molecular weight excluding hydrogens is 260 g/mol. The standard InChI is InChI=1S/C18H30N2O/c1-15-13-20(11-12-21-15)14-17-8-6-5-7-16(17)9-10-19-18(2,3)4/h5-8,15,19H,9-14H2,1-4H3. The van der Waals surface area contributed by atoms with E-state index in [1.807, 2.05) is 0 Å². The van der Waals surface area contributed by atoms with Crippen LogP contribution in [0.15, 0.2) is 24.3 Å². The zero-order valence-corrected chi connectivity index (χ0v) is 14.0. The molecule has 118 valence electrons. The minimum Gasteiger partial charge on any atom is -0.376 e. The molecule has 0 aromatic heterocycles. The Morgan fingerprint density at radius 1 is 1.24 bits per heavy atom. The van der Waals surface area contributed by atoms with E-state index in [2.05, 4.69) is 62.2 Å². The lowest BCUT2D eigenvalue weighted by atomic mass is 10.0. The molecule has 21 heavy (non-hydrogen) atoms. The molecule has 3 heteroatoms. The lowest BCUT2D eigenvalue weighted by Crippen LogP contribution is -2.40. The van der Waals surface area contributed by atoms with Gasteiger partial charge in [-0.15, -0.1) is 0 Å². The van der Waals surface area contributed by atoms with Crippen molar-refractivity contribution in [3.63, 3.8) is 0 Å². The monoisotopic (exact) mass is 290 g/mol. The van der Waals surface area contributed by atoms with Crippen LogP contribution in [-0.4, -0.2) is 42.8 Å². The van der Waals surface area contributed by atoms with E-state index in [1.165, 1.54) is 11.1 Å². The number of nitrogens with zero attached hydrogens (tertiary/aromatic N) is 1. The summed E-state index contributed by atoms with van der Waals surface area (Å²) >= 11 is 0. The van der Waals surface area contributed by atoms with Gasteiger partial charge < -0.3 is 10.1 Å². The third-order valence-corrected chi connectivity index (χ3v) is 3.89. The molecule has 3 nitrogen and oxygen atoms in total. The van der Waals surface area contributed by atoms with Gasteiger partial charge in [0.1, 0.15) is 0 Å². The number of rotatable bonds is 5. The molecule has 0 saturated carbocycles. The molecule has 1 heterocycles. The van der Waals surface area contributed by atoms with E-state index in [1.54, 1.807) is 0 Å². The van der Waals surface area contributed by atoms with Crippen LogP contribution in [0.25, 0.3) is 0 Å². The Bertz CT molecular complexity index is 439. The van der Waals surface area contributed by atoms with Gasteiger partial charge in [-0.2, -0.15) is 0 Å². The Morgan fingerprint density at radius 3 is 2.62 bits per heavy atom. The largest absolute Gasteiger partial charge is 0.376 e. The molecule has 1 unspecified atom stereocenters. The Balaban J connectivity index is 1.93. The summed E-state index contributed by atoms with van der Waals surface area (Å²) in [5.41, 5.74) is 3.12. The fourth-order valence-corrected chi connectivity index (χ4v) is 2.80. The highest BCUT2D eigenvalue weighted by Crippen LogP contribution is 2.15. The first-order valence-electron chi connectivity index (χ1n) is 8.10. The summed E-state index contributed by atoms with van der Waals surface area (Å²) in [5, 5.41) is 3.57. The number of hydrogen-bond donors (Lipinski definition) is 1. The predicted octanol–water partition coefficient (Wildman–Crippen LogP) is 2.84. The normalized spacial score (nSPS) is 20.7. The van der Waals surface area contributed by atoms with Crippen LogP contribution in [0.5, 0.6) is 0 Å². The topological polar surface area (TPSA) is 24.5 Å². The molecule has 0 radical (unpaired) electrons. The Morgan fingerprint density at radius 2 is 1.95 bits per heavy atom. The Hall–Kier alpha value is -0.900. The van der Waals surface area contributed by atoms with Gasteiger partial charge in [0.25, 0.3) is 0 Å². The molecule has 2 rings (SSSR count). The number of hydrogen-bond acceptors (Lipinski definition) is 3. The van der Waals surface area contributed by atoms with Gasteiger partial charge in [-0.25, -0.2) is 0 Å². The quantitative estimate of drug-likeness (QED) is 0.902. The van der Waals surface area contributed by atoms with Crippen molar-refractivity contribution < 1.29 is 4.74 Å². The third kappa shape index (κ3) is 5.77. The SMILES string of the molecule is CC1CN(Cc2ccccc2CCNC(C)(C)C)CCO1. The van der Waals surface area contributed by atoms with E-state index in [0.717, 1.165) is 39.2 Å². The molecule has 0 amide bonds. The van der Waals surface area contributed by atoms with Crippen LogP contribution in [0.1, 0.15) is 38.8 Å². The van der Waals surface area contributed by atoms with Gasteiger partial charge in [0, 0.05) is 25.2 Å². The van der Waals surface area contributed by atoms with Crippen molar-refractivity contribution in [2.45, 2.75) is 52.3 Å². The smallest absolute Gasteiger partial charge is 0.0674 e. The van der Waals surface area contributed by atoms with Crippen LogP contribution in [0.4, 0.5) is 0 Å². The zero-order chi connectivity index (χ0) is 15.3. The van der Waals surface area contributed by atoms with Crippen LogP contribution in [-0.2, 0) is 17.7 Å². The first-order chi connectivity index (χ1) is 9.94. The number of benzene rings is 1. The molecule has 1 aliphatic heterocycles. The lowest BCUT2D eigenvalue weighted by Gasteiger charge is -2.31. The highest BCUT2D eigenvalue weighted by molar-refractivity contribution is 5.27. The maximum absolute atomic E-state index is 5.63. The van der Waals surface area contributed by atoms with E-state index in [-0.39, 0.29) is 5.54 Å². The summed E-state index contributed by atoms with van der Waals surface area (Å²) in [4.78, 5) is 2.50. The van der Waals surface area contributed by atoms with Crippen molar-refractivity contribution in [1.82, 2.24) is 10.2 Å². The van der Waals surface area contributed by atoms with Crippen LogP contribution in [0, 0.1) is 0 Å². The average Bonchev–Trinajstić information content (AvgIpc) is 2.39. The van der Waals surface area contributed by atoms with E-state index < -0.39 is 0 Å². The number of ether oxygens (including phenoxy) is 1. The van der Waals surface area contributed by atoms with Crippen molar-refractivity contribution in [2.24, 2.45) is 0 Å². The van der Waals surface area contributed by atoms with Crippen molar-refractivity contribution >= 4 is 0 Å². The van der Waals surface area contributed by atoms with E-state index >= 15 is 0 Å². The molecule has 0 aliphatic carbocycles. The minimum atomic E-state index is 0.189. The lowest BCUT2D eigenvalue weighted by molar-refractivity contribution is -0.0212. The molecule has 0 bridgehead atoms. The van der Waals surface area contributed by atoms with Gasteiger partial charge in [0.05, 0.1) is 12.7 Å². The molecule has 1 aromatic carbocycles. The number of morpholine rings is 1. The fourth-order valence-electron chi connectivity index (χ4n) is 2.80. The Labute approximate surface area is 129 Å². The molecule has 1 atom stereocenters. The summed E-state index contributed by atoms with van der Waals surface area (Å²) in [7, 11) is 0. The molecule has 0 spiro atoms. The second-order valence-electron chi connectivity index (χ2n) is 7.11. The predicted molar refractivity (Wildman–Crippen MR) is 88.6 cm³/mol. The van der Waals surface area contributed by atoms with Crippen LogP contribution in [0.2, 0.25) is 0 Å². The highest BCUT2D eigenvalue weighted by Gasteiger charge is 2.17. The molecular formula is C18H30N2O. The average molecular weight is 290 g/mol. The molecule has 1 fully saturated rings. The first kappa shape index (κ1) is 16.5. The van der Waals surface area contributed by atoms with Gasteiger partial charge >= 0.3 is 0 Å². The van der Waals surface area contributed by atoms with E-state index in [0.29, 0.717) is 6.10 Å². The van der Waals surface area contributed by atoms with Crippen molar-refractivity contribution in [3.8, 4) is 0 Å². The summed E-state index contributed by atoms with van der Waals surface area (Å²) in [6.07, 6.45) is 1.45. The maximum Gasteiger partial charge on any atom is 0.0674 e. The summed E-state index contributed by atoms with van der Waals surface area (Å²) < 4.78 is 5.63. The third-order valence-electron chi connectivity index (χ3n) is 3.89. The highest BCUT2D eigenvalue weighted by atomic mass is 16.5. The van der Waals surface area contributed by atoms with Crippen LogP contribution >= 0.6 is 0 Å². The van der Waals surface area contributed by atoms with Crippen LogP contribution < -0.4 is 5.32 Å². The Kier molecular flexibility index (Phi) is 5.80. The molecule has 1 aromatic rings. The molecule has 1 N–H and O–H groups in total. The van der Waals surface area contributed by atoms with Crippen molar-refractivity contribution in [1.29, 1.82) is 0 Å². The zero-order valence-electron chi connectivity index (χ0n) is 14.0.